The minimum Gasteiger partial charge on any atom is -0.162 e. The zero-order valence-corrected chi connectivity index (χ0v) is 8.44. The van der Waals surface area contributed by atoms with Gasteiger partial charge in [-0.3, -0.25) is 0 Å². The van der Waals surface area contributed by atoms with Crippen molar-refractivity contribution in [3.63, 3.8) is 0 Å². The topological polar surface area (TPSA) is 0 Å². The third-order valence-corrected chi connectivity index (χ3v) is 2.44. The van der Waals surface area contributed by atoms with Gasteiger partial charge in [0.25, 0.3) is 0 Å². The molecule has 0 nitrogen and oxygen atoms in total. The molecule has 0 aliphatic carbocycles. The van der Waals surface area contributed by atoms with Gasteiger partial charge >= 0.3 is 0 Å². The van der Waals surface area contributed by atoms with Crippen LogP contribution in [0.25, 0.3) is 0 Å². The summed E-state index contributed by atoms with van der Waals surface area (Å²) < 4.78 is 0. The van der Waals surface area contributed by atoms with E-state index in [9.17, 15) is 0 Å². The highest BCUT2D eigenvalue weighted by atomic mass is 32.2. The van der Waals surface area contributed by atoms with Gasteiger partial charge < -0.3 is 0 Å². The largest absolute Gasteiger partial charge is 0.162 e. The fraction of sp³-hybridized carbons (Fsp3) is 0.455. The maximum absolute atomic E-state index is 5.03. The Morgan fingerprint density at radius 1 is 1.33 bits per heavy atom. The van der Waals surface area contributed by atoms with Crippen molar-refractivity contribution in [2.75, 3.05) is 11.5 Å². The van der Waals surface area contributed by atoms with E-state index in [1.807, 2.05) is 23.9 Å². The van der Waals surface area contributed by atoms with Crippen LogP contribution in [0.5, 0.6) is 0 Å². The summed E-state index contributed by atoms with van der Waals surface area (Å²) in [5.41, 5.74) is 0. The van der Waals surface area contributed by atoms with Crippen LogP contribution < -0.4 is 0 Å². The average molecular weight is 180 g/mol. The van der Waals surface area contributed by atoms with E-state index in [4.69, 9.17) is 6.42 Å². The van der Waals surface area contributed by atoms with Crippen molar-refractivity contribution >= 4 is 11.8 Å². The van der Waals surface area contributed by atoms with Crippen molar-refractivity contribution in [2.45, 2.75) is 19.8 Å². The average Bonchev–Trinajstić information content (AvgIpc) is 2.10. The highest BCUT2D eigenvalue weighted by Gasteiger charge is 1.82. The van der Waals surface area contributed by atoms with E-state index in [0.717, 1.165) is 6.42 Å². The van der Waals surface area contributed by atoms with E-state index < -0.39 is 0 Å². The summed E-state index contributed by atoms with van der Waals surface area (Å²) in [4.78, 5) is 0. The van der Waals surface area contributed by atoms with Gasteiger partial charge in [-0.2, -0.15) is 11.8 Å². The second kappa shape index (κ2) is 10.4. The van der Waals surface area contributed by atoms with E-state index in [-0.39, 0.29) is 0 Å². The highest BCUT2D eigenvalue weighted by molar-refractivity contribution is 7.99. The zero-order chi connectivity index (χ0) is 9.07. The molecule has 0 spiro atoms. The minimum atomic E-state index is 1.14. The Hall–Kier alpha value is -0.610. The molecule has 0 fully saturated rings. The smallest absolute Gasteiger partial charge is 0.00328 e. The van der Waals surface area contributed by atoms with Crippen LogP contribution in [-0.2, 0) is 0 Å². The van der Waals surface area contributed by atoms with Crippen LogP contribution in [0, 0.1) is 12.3 Å². The summed E-state index contributed by atoms with van der Waals surface area (Å²) in [7, 11) is 0. The zero-order valence-electron chi connectivity index (χ0n) is 7.62. The summed E-state index contributed by atoms with van der Waals surface area (Å²) in [6.45, 7) is 2.21. The van der Waals surface area contributed by atoms with Gasteiger partial charge in [0.1, 0.15) is 0 Å². The first kappa shape index (κ1) is 11.4. The molecule has 0 aromatic carbocycles. The number of allylic oxidation sites excluding steroid dienone is 4. The minimum absolute atomic E-state index is 1.14. The fourth-order valence-corrected chi connectivity index (χ4v) is 1.48. The molecule has 0 rings (SSSR count). The Morgan fingerprint density at radius 2 is 2.17 bits per heavy atom. The van der Waals surface area contributed by atoms with E-state index in [1.165, 1.54) is 17.9 Å². The van der Waals surface area contributed by atoms with Crippen LogP contribution in [0.15, 0.2) is 24.3 Å². The summed E-state index contributed by atoms with van der Waals surface area (Å²) in [5.74, 6) is 4.93. The number of terminal acetylenes is 1. The molecular weight excluding hydrogens is 164 g/mol. The van der Waals surface area contributed by atoms with Crippen molar-refractivity contribution in [2.24, 2.45) is 0 Å². The molecule has 0 unspecified atom stereocenters. The summed E-state index contributed by atoms with van der Waals surface area (Å²) in [5, 5.41) is 0. The molecule has 1 heteroatoms. The predicted octanol–water partition coefficient (Wildman–Crippen LogP) is 3.27. The van der Waals surface area contributed by atoms with Crippen molar-refractivity contribution < 1.29 is 0 Å². The molecule has 0 saturated carbocycles. The molecule has 0 N–H and O–H groups in total. The third-order valence-electron chi connectivity index (χ3n) is 1.22. The van der Waals surface area contributed by atoms with Crippen molar-refractivity contribution in [1.29, 1.82) is 0 Å². The molecule has 0 atom stereocenters. The van der Waals surface area contributed by atoms with Crippen LogP contribution in [-0.4, -0.2) is 11.5 Å². The lowest BCUT2D eigenvalue weighted by Crippen LogP contribution is -1.78. The molecule has 0 heterocycles. The van der Waals surface area contributed by atoms with Gasteiger partial charge in [-0.1, -0.05) is 31.1 Å². The summed E-state index contributed by atoms with van der Waals surface area (Å²) >= 11 is 2.00. The lowest BCUT2D eigenvalue weighted by Gasteiger charge is -1.93. The van der Waals surface area contributed by atoms with Crippen molar-refractivity contribution in [3.8, 4) is 12.3 Å². The molecule has 0 aromatic rings. The summed E-state index contributed by atoms with van der Waals surface area (Å²) in [6, 6.07) is 0. The summed E-state index contributed by atoms with van der Waals surface area (Å²) in [6.07, 6.45) is 15.2. The first-order valence-electron chi connectivity index (χ1n) is 4.27. The number of rotatable bonds is 6. The standard InChI is InChI=1S/C11H16S/c1-3-5-6-7-8-9-11-12-10-4-2/h1,5-8H,4,9-11H2,2H3/b6-5-,8-7-. The van der Waals surface area contributed by atoms with Crippen LogP contribution in [0.3, 0.4) is 0 Å². The molecule has 0 aromatic heterocycles. The Kier molecular flexibility index (Phi) is 9.86. The molecule has 0 saturated heterocycles. The molecule has 66 valence electrons. The molecular formula is C11H16S. The van der Waals surface area contributed by atoms with Gasteiger partial charge in [-0.05, 0) is 30.4 Å². The molecule has 0 radical (unpaired) electrons. The van der Waals surface area contributed by atoms with Crippen LogP contribution in [0.1, 0.15) is 19.8 Å². The van der Waals surface area contributed by atoms with E-state index >= 15 is 0 Å². The Morgan fingerprint density at radius 3 is 2.83 bits per heavy atom. The van der Waals surface area contributed by atoms with Gasteiger partial charge in [0, 0.05) is 0 Å². The fourth-order valence-electron chi connectivity index (χ4n) is 0.684. The first-order valence-corrected chi connectivity index (χ1v) is 5.42. The highest BCUT2D eigenvalue weighted by Crippen LogP contribution is 2.03. The van der Waals surface area contributed by atoms with Gasteiger partial charge in [0.15, 0.2) is 0 Å². The van der Waals surface area contributed by atoms with Gasteiger partial charge in [0.2, 0.25) is 0 Å². The van der Waals surface area contributed by atoms with Gasteiger partial charge in [-0.25, -0.2) is 0 Å². The lowest BCUT2D eigenvalue weighted by atomic mass is 10.4. The number of hydrogen-bond donors (Lipinski definition) is 0. The van der Waals surface area contributed by atoms with Crippen molar-refractivity contribution in [3.05, 3.63) is 24.3 Å². The maximum Gasteiger partial charge on any atom is -0.00328 e. The van der Waals surface area contributed by atoms with Gasteiger partial charge in [0.05, 0.1) is 0 Å². The van der Waals surface area contributed by atoms with Crippen LogP contribution >= 0.6 is 11.8 Å². The quantitative estimate of drug-likeness (QED) is 0.343. The molecule has 12 heavy (non-hydrogen) atoms. The Balaban J connectivity index is 3.14. The Bertz CT molecular complexity index is 172. The van der Waals surface area contributed by atoms with E-state index in [0.29, 0.717) is 0 Å². The third kappa shape index (κ3) is 9.39. The second-order valence-corrected chi connectivity index (χ2v) is 3.58. The van der Waals surface area contributed by atoms with Crippen molar-refractivity contribution in [1.82, 2.24) is 0 Å². The maximum atomic E-state index is 5.03. The van der Waals surface area contributed by atoms with E-state index in [1.54, 1.807) is 6.08 Å². The molecule has 0 amide bonds. The Labute approximate surface area is 80.1 Å². The molecule has 0 aliphatic rings. The second-order valence-electron chi connectivity index (χ2n) is 2.35. The monoisotopic (exact) mass is 180 g/mol. The first-order chi connectivity index (χ1) is 5.91. The number of hydrogen-bond acceptors (Lipinski definition) is 1. The van der Waals surface area contributed by atoms with Gasteiger partial charge in [-0.15, -0.1) is 6.42 Å². The number of thioether (sulfide) groups is 1. The van der Waals surface area contributed by atoms with E-state index in [2.05, 4.69) is 18.9 Å². The van der Waals surface area contributed by atoms with Crippen LogP contribution in [0.4, 0.5) is 0 Å². The predicted molar refractivity (Wildman–Crippen MR) is 59.3 cm³/mol. The lowest BCUT2D eigenvalue weighted by molar-refractivity contribution is 1.10. The van der Waals surface area contributed by atoms with Crippen LogP contribution in [0.2, 0.25) is 0 Å². The molecule has 0 aliphatic heterocycles. The molecule has 0 bridgehead atoms. The normalized spacial score (nSPS) is 11.0. The SMILES string of the molecule is C#C/C=C\C=C/CCSCCC.